The van der Waals surface area contributed by atoms with Crippen molar-refractivity contribution >= 4 is 23.5 Å². The summed E-state index contributed by atoms with van der Waals surface area (Å²) in [6.45, 7) is 0.447. The highest BCUT2D eigenvalue weighted by Crippen LogP contribution is 2.31. The summed E-state index contributed by atoms with van der Waals surface area (Å²) >= 11 is 5.94. The van der Waals surface area contributed by atoms with Gasteiger partial charge in [-0.2, -0.15) is 0 Å². The number of hydrogen-bond acceptors (Lipinski definition) is 2. The van der Waals surface area contributed by atoms with Gasteiger partial charge in [0, 0.05) is 18.6 Å². The second-order valence-electron chi connectivity index (χ2n) is 5.66. The zero-order chi connectivity index (χ0) is 15.4. The number of amides is 1. The van der Waals surface area contributed by atoms with Gasteiger partial charge in [-0.05, 0) is 30.5 Å². The number of hydrogen-bond donors (Lipinski definition) is 1. The quantitative estimate of drug-likeness (QED) is 0.929. The Labute approximate surface area is 129 Å². The van der Waals surface area contributed by atoms with Gasteiger partial charge in [-0.3, -0.25) is 9.59 Å². The molecule has 0 bridgehead atoms. The standard InChI is InChI=1S/C16H20ClNO3/c1-18(10-11-5-4-6-12(17)9-11)15(19)13-7-2-3-8-14(13)16(20)21/h4-6,9,13-14H,2-3,7-8,10H2,1H3,(H,20,21). The molecule has 0 saturated heterocycles. The fraction of sp³-hybridized carbons (Fsp3) is 0.500. The number of carbonyl (C=O) groups excluding carboxylic acids is 1. The van der Waals surface area contributed by atoms with E-state index < -0.39 is 17.8 Å². The number of aliphatic carboxylic acids is 1. The van der Waals surface area contributed by atoms with E-state index in [9.17, 15) is 14.7 Å². The first-order valence-electron chi connectivity index (χ1n) is 7.21. The van der Waals surface area contributed by atoms with Gasteiger partial charge < -0.3 is 10.0 Å². The van der Waals surface area contributed by atoms with Crippen molar-refractivity contribution in [1.29, 1.82) is 0 Å². The van der Waals surface area contributed by atoms with Crippen molar-refractivity contribution < 1.29 is 14.7 Å². The number of rotatable bonds is 4. The molecule has 1 aliphatic rings. The molecule has 0 spiro atoms. The maximum atomic E-state index is 12.5. The van der Waals surface area contributed by atoms with E-state index in [1.807, 2.05) is 18.2 Å². The average Bonchev–Trinajstić information content (AvgIpc) is 2.46. The van der Waals surface area contributed by atoms with Gasteiger partial charge in [0.25, 0.3) is 0 Å². The van der Waals surface area contributed by atoms with Gasteiger partial charge in [0.2, 0.25) is 5.91 Å². The lowest BCUT2D eigenvalue weighted by molar-refractivity contribution is -0.152. The Balaban J connectivity index is 2.05. The van der Waals surface area contributed by atoms with E-state index in [1.165, 1.54) is 0 Å². The van der Waals surface area contributed by atoms with Gasteiger partial charge in [0.15, 0.2) is 0 Å². The third-order valence-corrected chi connectivity index (χ3v) is 4.32. The Morgan fingerprint density at radius 3 is 2.57 bits per heavy atom. The summed E-state index contributed by atoms with van der Waals surface area (Å²) in [7, 11) is 1.72. The van der Waals surface area contributed by atoms with Crippen LogP contribution in [0, 0.1) is 11.8 Å². The van der Waals surface area contributed by atoms with Crippen molar-refractivity contribution in [3.8, 4) is 0 Å². The summed E-state index contributed by atoms with van der Waals surface area (Å²) in [6.07, 6.45) is 3.07. The average molecular weight is 310 g/mol. The Hall–Kier alpha value is -1.55. The van der Waals surface area contributed by atoms with Crippen LogP contribution in [0.5, 0.6) is 0 Å². The molecule has 0 heterocycles. The van der Waals surface area contributed by atoms with Crippen molar-refractivity contribution in [3.63, 3.8) is 0 Å². The van der Waals surface area contributed by atoms with E-state index in [1.54, 1.807) is 18.0 Å². The maximum Gasteiger partial charge on any atom is 0.307 e. The molecule has 0 aromatic heterocycles. The molecule has 2 unspecified atom stereocenters. The summed E-state index contributed by atoms with van der Waals surface area (Å²) in [4.78, 5) is 25.4. The molecule has 1 aromatic rings. The molecule has 1 aliphatic carbocycles. The first-order valence-corrected chi connectivity index (χ1v) is 7.59. The van der Waals surface area contributed by atoms with Crippen LogP contribution in [0.1, 0.15) is 31.2 Å². The van der Waals surface area contributed by atoms with Crippen LogP contribution in [0.25, 0.3) is 0 Å². The Bertz CT molecular complexity index is 532. The minimum absolute atomic E-state index is 0.0814. The van der Waals surface area contributed by atoms with Gasteiger partial charge in [-0.25, -0.2) is 0 Å². The molecule has 1 N–H and O–H groups in total. The molecule has 21 heavy (non-hydrogen) atoms. The zero-order valence-corrected chi connectivity index (χ0v) is 12.8. The summed E-state index contributed by atoms with van der Waals surface area (Å²) in [5.74, 6) is -1.89. The molecular weight excluding hydrogens is 290 g/mol. The van der Waals surface area contributed by atoms with Crippen molar-refractivity contribution in [2.24, 2.45) is 11.8 Å². The van der Waals surface area contributed by atoms with Gasteiger partial charge >= 0.3 is 5.97 Å². The van der Waals surface area contributed by atoms with Crippen LogP contribution in [-0.4, -0.2) is 28.9 Å². The van der Waals surface area contributed by atoms with Crippen LogP contribution >= 0.6 is 11.6 Å². The van der Waals surface area contributed by atoms with E-state index in [-0.39, 0.29) is 5.91 Å². The molecule has 5 heteroatoms. The molecule has 0 radical (unpaired) electrons. The van der Waals surface area contributed by atoms with E-state index in [4.69, 9.17) is 11.6 Å². The van der Waals surface area contributed by atoms with Gasteiger partial charge in [-0.15, -0.1) is 0 Å². The third kappa shape index (κ3) is 3.97. The fourth-order valence-corrected chi connectivity index (χ4v) is 3.21. The molecule has 1 amide bonds. The summed E-state index contributed by atoms with van der Waals surface area (Å²) in [5.41, 5.74) is 0.945. The second-order valence-corrected chi connectivity index (χ2v) is 6.10. The summed E-state index contributed by atoms with van der Waals surface area (Å²) in [5, 5.41) is 9.91. The number of carbonyl (C=O) groups is 2. The lowest BCUT2D eigenvalue weighted by Crippen LogP contribution is -2.40. The second kappa shape index (κ2) is 6.94. The molecular formula is C16H20ClNO3. The molecule has 2 rings (SSSR count). The van der Waals surface area contributed by atoms with Crippen molar-refractivity contribution in [2.75, 3.05) is 7.05 Å². The number of halogens is 1. The van der Waals surface area contributed by atoms with Gasteiger partial charge in [0.1, 0.15) is 0 Å². The Kier molecular flexibility index (Phi) is 5.23. The topological polar surface area (TPSA) is 57.6 Å². The summed E-state index contributed by atoms with van der Waals surface area (Å²) in [6, 6.07) is 7.36. The lowest BCUT2D eigenvalue weighted by atomic mass is 9.78. The normalized spacial score (nSPS) is 21.8. The van der Waals surface area contributed by atoms with Crippen LogP contribution < -0.4 is 0 Å². The molecule has 1 saturated carbocycles. The van der Waals surface area contributed by atoms with Crippen molar-refractivity contribution in [3.05, 3.63) is 34.9 Å². The predicted molar refractivity (Wildman–Crippen MR) is 81.0 cm³/mol. The predicted octanol–water partition coefficient (Wildman–Crippen LogP) is 3.19. The third-order valence-electron chi connectivity index (χ3n) is 4.09. The number of benzene rings is 1. The van der Waals surface area contributed by atoms with Crippen LogP contribution in [-0.2, 0) is 16.1 Å². The molecule has 2 atom stereocenters. The van der Waals surface area contributed by atoms with Crippen LogP contribution in [0.2, 0.25) is 5.02 Å². The minimum Gasteiger partial charge on any atom is -0.481 e. The molecule has 0 aliphatic heterocycles. The van der Waals surface area contributed by atoms with Gasteiger partial charge in [0.05, 0.1) is 11.8 Å². The largest absolute Gasteiger partial charge is 0.481 e. The minimum atomic E-state index is -0.857. The molecule has 1 fully saturated rings. The monoisotopic (exact) mass is 309 g/mol. The SMILES string of the molecule is CN(Cc1cccc(Cl)c1)C(=O)C1CCCCC1C(=O)O. The first-order chi connectivity index (χ1) is 9.99. The highest BCUT2D eigenvalue weighted by molar-refractivity contribution is 6.30. The highest BCUT2D eigenvalue weighted by atomic mass is 35.5. The van der Waals surface area contributed by atoms with E-state index in [0.29, 0.717) is 24.4 Å². The number of carboxylic acid groups (broad SMARTS) is 1. The van der Waals surface area contributed by atoms with Crippen LogP contribution in [0.3, 0.4) is 0 Å². The Morgan fingerprint density at radius 1 is 1.29 bits per heavy atom. The zero-order valence-electron chi connectivity index (χ0n) is 12.1. The Morgan fingerprint density at radius 2 is 1.95 bits per heavy atom. The fourth-order valence-electron chi connectivity index (χ4n) is 2.99. The van der Waals surface area contributed by atoms with E-state index >= 15 is 0 Å². The maximum absolute atomic E-state index is 12.5. The van der Waals surface area contributed by atoms with Crippen LogP contribution in [0.15, 0.2) is 24.3 Å². The van der Waals surface area contributed by atoms with Crippen molar-refractivity contribution in [1.82, 2.24) is 4.90 Å². The lowest BCUT2D eigenvalue weighted by Gasteiger charge is -2.31. The van der Waals surface area contributed by atoms with Crippen LogP contribution in [0.4, 0.5) is 0 Å². The smallest absolute Gasteiger partial charge is 0.307 e. The molecule has 1 aromatic carbocycles. The first kappa shape index (κ1) is 15.8. The summed E-state index contributed by atoms with van der Waals surface area (Å²) < 4.78 is 0. The van der Waals surface area contributed by atoms with E-state index in [2.05, 4.69) is 0 Å². The molecule has 114 valence electrons. The van der Waals surface area contributed by atoms with E-state index in [0.717, 1.165) is 18.4 Å². The van der Waals surface area contributed by atoms with Gasteiger partial charge in [-0.1, -0.05) is 36.6 Å². The number of nitrogens with zero attached hydrogens (tertiary/aromatic N) is 1. The molecule has 4 nitrogen and oxygen atoms in total. The number of carboxylic acids is 1. The van der Waals surface area contributed by atoms with Crippen molar-refractivity contribution in [2.45, 2.75) is 32.2 Å². The highest BCUT2D eigenvalue weighted by Gasteiger charge is 2.36.